The monoisotopic (exact) mass is 480 g/mol. The molecule has 0 bridgehead atoms. The molecule has 4 nitrogen and oxygen atoms in total. The van der Waals surface area contributed by atoms with E-state index in [0.717, 1.165) is 48.3 Å². The first-order chi connectivity index (χ1) is 17.3. The fraction of sp³-hybridized carbons (Fsp3) is 0.438. The van der Waals surface area contributed by atoms with Crippen LogP contribution in [0.1, 0.15) is 85.9 Å². The first-order valence-corrected chi connectivity index (χ1v) is 13.4. The maximum absolute atomic E-state index is 12.6. The maximum Gasteiger partial charge on any atom is 0.214 e. The largest absolute Gasteiger partial charge is 0.474 e. The molecule has 2 aliphatic heterocycles. The molecule has 8 rings (SSSR count). The molecule has 2 heterocycles. The number of Topliss-reactive ketones (excluding diaryl/α,β-unsaturated/α-hetero) is 2. The summed E-state index contributed by atoms with van der Waals surface area (Å²) in [5.41, 5.74) is 3.12. The van der Waals surface area contributed by atoms with Crippen molar-refractivity contribution in [1.82, 2.24) is 0 Å². The first kappa shape index (κ1) is 22.1. The Morgan fingerprint density at radius 2 is 1.06 bits per heavy atom. The van der Waals surface area contributed by atoms with Crippen LogP contribution in [0.3, 0.4) is 0 Å². The number of ketones is 2. The Hall–Kier alpha value is -3.14. The quantitative estimate of drug-likeness (QED) is 0.380. The van der Waals surface area contributed by atoms with Crippen molar-refractivity contribution in [3.05, 3.63) is 83.0 Å². The molecule has 0 saturated heterocycles. The highest BCUT2D eigenvalue weighted by Gasteiger charge is 2.66. The van der Waals surface area contributed by atoms with Crippen LogP contribution in [0.25, 0.3) is 0 Å². The van der Waals surface area contributed by atoms with E-state index in [2.05, 4.69) is 26.0 Å². The highest BCUT2D eigenvalue weighted by atomic mass is 16.5. The van der Waals surface area contributed by atoms with Gasteiger partial charge in [0, 0.05) is 12.8 Å². The first-order valence-electron chi connectivity index (χ1n) is 13.4. The van der Waals surface area contributed by atoms with Crippen LogP contribution in [-0.4, -0.2) is 22.8 Å². The molecule has 2 fully saturated rings. The summed E-state index contributed by atoms with van der Waals surface area (Å²) in [7, 11) is 0. The number of rotatable bonds is 0. The molecule has 2 spiro atoms. The van der Waals surface area contributed by atoms with Gasteiger partial charge in [-0.15, -0.1) is 0 Å². The molecule has 36 heavy (non-hydrogen) atoms. The van der Waals surface area contributed by atoms with Crippen LogP contribution < -0.4 is 9.47 Å². The van der Waals surface area contributed by atoms with Gasteiger partial charge < -0.3 is 9.47 Å². The van der Waals surface area contributed by atoms with Gasteiger partial charge in [0.05, 0.1) is 11.1 Å². The Labute approximate surface area is 212 Å². The van der Waals surface area contributed by atoms with E-state index in [4.69, 9.17) is 9.47 Å². The molecular weight excluding hydrogens is 448 g/mol. The topological polar surface area (TPSA) is 52.6 Å². The maximum atomic E-state index is 12.6. The van der Waals surface area contributed by atoms with Crippen LogP contribution in [0, 0.1) is 10.8 Å². The molecule has 0 N–H and O–H groups in total. The number of ether oxygens (including phenoxy) is 2. The van der Waals surface area contributed by atoms with Crippen molar-refractivity contribution >= 4 is 11.6 Å². The zero-order valence-corrected chi connectivity index (χ0v) is 21.1. The molecule has 2 aromatic rings. The average molecular weight is 481 g/mol. The van der Waals surface area contributed by atoms with E-state index in [1.54, 1.807) is 0 Å². The molecule has 2 aromatic carbocycles. The summed E-state index contributed by atoms with van der Waals surface area (Å²) >= 11 is 0. The van der Waals surface area contributed by atoms with Crippen LogP contribution in [0.2, 0.25) is 0 Å². The minimum absolute atomic E-state index is 0.170. The summed E-state index contributed by atoms with van der Waals surface area (Å²) in [4.78, 5) is 25.3. The molecule has 4 aliphatic carbocycles. The second-order valence-corrected chi connectivity index (χ2v) is 12.0. The lowest BCUT2D eigenvalue weighted by molar-refractivity contribution is -0.00593. The minimum atomic E-state index is -0.640. The van der Waals surface area contributed by atoms with E-state index < -0.39 is 11.2 Å². The highest BCUT2D eigenvalue weighted by Crippen LogP contribution is 2.64. The third-order valence-corrected chi connectivity index (χ3v) is 9.58. The molecule has 1 unspecified atom stereocenters. The Kier molecular flexibility index (Phi) is 4.43. The second-order valence-electron chi connectivity index (χ2n) is 12.0. The Bertz CT molecular complexity index is 1280. The summed E-state index contributed by atoms with van der Waals surface area (Å²) < 4.78 is 12.1. The van der Waals surface area contributed by atoms with E-state index in [9.17, 15) is 9.59 Å². The van der Waals surface area contributed by atoms with Crippen LogP contribution in [0.5, 0.6) is 11.5 Å². The zero-order chi connectivity index (χ0) is 24.8. The Balaban J connectivity index is 0.000000122. The second kappa shape index (κ2) is 7.21. The zero-order valence-electron chi connectivity index (χ0n) is 21.1. The predicted octanol–water partition coefficient (Wildman–Crippen LogP) is 7.04. The van der Waals surface area contributed by atoms with Crippen LogP contribution in [0.15, 0.2) is 71.8 Å². The summed E-state index contributed by atoms with van der Waals surface area (Å²) in [6, 6.07) is 15.2. The molecule has 0 radical (unpaired) electrons. The molecule has 0 aromatic heterocycles. The summed E-state index contributed by atoms with van der Waals surface area (Å²) in [6.07, 6.45) is 13.2. The van der Waals surface area contributed by atoms with Crippen molar-refractivity contribution in [2.45, 2.75) is 76.4 Å². The van der Waals surface area contributed by atoms with Crippen LogP contribution in [-0.2, 0) is 0 Å². The van der Waals surface area contributed by atoms with Crippen molar-refractivity contribution in [3.8, 4) is 11.5 Å². The van der Waals surface area contributed by atoms with Gasteiger partial charge in [0.25, 0.3) is 0 Å². The normalized spacial score (nSPS) is 36.5. The smallest absolute Gasteiger partial charge is 0.214 e. The van der Waals surface area contributed by atoms with Crippen LogP contribution >= 0.6 is 0 Å². The fourth-order valence-electron chi connectivity index (χ4n) is 7.96. The van der Waals surface area contributed by atoms with Crippen molar-refractivity contribution in [1.29, 1.82) is 0 Å². The fourth-order valence-corrected chi connectivity index (χ4v) is 7.96. The van der Waals surface area contributed by atoms with Crippen LogP contribution in [0.4, 0.5) is 0 Å². The summed E-state index contributed by atoms with van der Waals surface area (Å²) in [5, 5.41) is 0. The SMILES string of the molecule is CC12CCCC=C1[C@@]1(C2)Oc2ccccc2C1=O.C[C@@]12CCCC=C1[C@]1(C2)Oc2ccccc2C1=O. The summed E-state index contributed by atoms with van der Waals surface area (Å²) in [6.45, 7) is 4.53. The van der Waals surface area contributed by atoms with Gasteiger partial charge in [0.2, 0.25) is 11.6 Å². The third kappa shape index (κ3) is 2.70. The number of hydrogen-bond donors (Lipinski definition) is 0. The van der Waals surface area contributed by atoms with Gasteiger partial charge in [-0.2, -0.15) is 0 Å². The van der Waals surface area contributed by atoms with Gasteiger partial charge in [-0.05, 0) is 84.8 Å². The molecule has 2 saturated carbocycles. The van der Waals surface area contributed by atoms with Crippen molar-refractivity contribution in [2.24, 2.45) is 10.8 Å². The number of carbonyl (C=O) groups excluding carboxylic acids is 2. The van der Waals surface area contributed by atoms with Crippen molar-refractivity contribution in [3.63, 3.8) is 0 Å². The molecule has 0 amide bonds. The van der Waals surface area contributed by atoms with Crippen molar-refractivity contribution < 1.29 is 19.1 Å². The lowest BCUT2D eigenvalue weighted by Crippen LogP contribution is -2.60. The molecule has 4 atom stereocenters. The number of hydrogen-bond acceptors (Lipinski definition) is 4. The number of allylic oxidation sites excluding steroid dienone is 2. The third-order valence-electron chi connectivity index (χ3n) is 9.58. The lowest BCUT2D eigenvalue weighted by Gasteiger charge is -2.55. The van der Waals surface area contributed by atoms with E-state index in [1.165, 1.54) is 36.8 Å². The van der Waals surface area contributed by atoms with Gasteiger partial charge in [-0.3, -0.25) is 9.59 Å². The van der Waals surface area contributed by atoms with Gasteiger partial charge in [-0.25, -0.2) is 0 Å². The lowest BCUT2D eigenvalue weighted by atomic mass is 9.51. The van der Waals surface area contributed by atoms with Gasteiger partial charge in [0.1, 0.15) is 11.5 Å². The van der Waals surface area contributed by atoms with E-state index in [0.29, 0.717) is 0 Å². The molecular formula is C32H32O4. The summed E-state index contributed by atoms with van der Waals surface area (Å²) in [5.74, 6) is 1.86. The number of para-hydroxylation sites is 2. The Morgan fingerprint density at radius 3 is 1.44 bits per heavy atom. The highest BCUT2D eigenvalue weighted by molar-refractivity contribution is 6.11. The number of carbonyl (C=O) groups is 2. The molecule has 6 aliphatic rings. The standard InChI is InChI=1S/2C16H16O2/c2*1-15-9-5-4-8-13(15)16(10-15)14(17)11-6-2-3-7-12(11)18-16/h2*2-3,6-8H,4-5,9-10H2,1H3/t15?,16-;15-,16-/m10/s1. The number of fused-ring (bicyclic) bond motifs is 6. The van der Waals surface area contributed by atoms with Gasteiger partial charge >= 0.3 is 0 Å². The number of benzene rings is 2. The van der Waals surface area contributed by atoms with E-state index >= 15 is 0 Å². The van der Waals surface area contributed by atoms with Gasteiger partial charge in [0.15, 0.2) is 11.2 Å². The predicted molar refractivity (Wildman–Crippen MR) is 138 cm³/mol. The Morgan fingerprint density at radius 1 is 0.639 bits per heavy atom. The molecule has 184 valence electrons. The van der Waals surface area contributed by atoms with Crippen molar-refractivity contribution in [2.75, 3.05) is 0 Å². The van der Waals surface area contributed by atoms with E-state index in [-0.39, 0.29) is 22.4 Å². The van der Waals surface area contributed by atoms with E-state index in [1.807, 2.05) is 48.5 Å². The average Bonchev–Trinajstić information content (AvgIpc) is 3.32. The minimum Gasteiger partial charge on any atom is -0.474 e. The molecule has 4 heteroatoms. The van der Waals surface area contributed by atoms with Gasteiger partial charge in [-0.1, -0.05) is 50.3 Å².